The average molecular weight is 488 g/mol. The molecule has 0 saturated heterocycles. The van der Waals surface area contributed by atoms with Crippen molar-refractivity contribution in [2.75, 3.05) is 0 Å². The third kappa shape index (κ3) is 4.25. The quantitative estimate of drug-likeness (QED) is 0.337. The molecule has 0 aromatic heterocycles. The number of hydrogen-bond donors (Lipinski definition) is 1. The number of hydrogen-bond acceptors (Lipinski definition) is 2. The number of hydrazone groups is 1. The van der Waals surface area contributed by atoms with Crippen LogP contribution in [0, 0.1) is 5.92 Å². The second kappa shape index (κ2) is 8.31. The summed E-state index contributed by atoms with van der Waals surface area (Å²) in [6.07, 6.45) is 2.34. The monoisotopic (exact) mass is 486 g/mol. The summed E-state index contributed by atoms with van der Waals surface area (Å²) >= 11 is 15.6. The van der Waals surface area contributed by atoms with Crippen molar-refractivity contribution >= 4 is 51.3 Å². The van der Waals surface area contributed by atoms with Crippen molar-refractivity contribution in [2.24, 2.45) is 11.0 Å². The van der Waals surface area contributed by atoms with E-state index in [0.29, 0.717) is 16.5 Å². The van der Waals surface area contributed by atoms with E-state index in [9.17, 15) is 4.79 Å². The van der Waals surface area contributed by atoms with Gasteiger partial charge in [0.2, 0.25) is 5.91 Å². The highest BCUT2D eigenvalue weighted by molar-refractivity contribution is 9.10. The van der Waals surface area contributed by atoms with Gasteiger partial charge in [-0.25, -0.2) is 5.43 Å². The van der Waals surface area contributed by atoms with Gasteiger partial charge in [0.25, 0.3) is 0 Å². The van der Waals surface area contributed by atoms with Gasteiger partial charge >= 0.3 is 0 Å². The number of carbonyl (C=O) groups is 1. The molecule has 0 aliphatic heterocycles. The van der Waals surface area contributed by atoms with Gasteiger partial charge in [0, 0.05) is 19.9 Å². The summed E-state index contributed by atoms with van der Waals surface area (Å²) in [5, 5.41) is 5.47. The number of halogens is 3. The van der Waals surface area contributed by atoms with Gasteiger partial charge in [-0.2, -0.15) is 5.10 Å². The smallest absolute Gasteiger partial charge is 0.244 e. The molecule has 1 fully saturated rings. The maximum absolute atomic E-state index is 12.9. The average Bonchev–Trinajstić information content (AvgIpc) is 3.46. The fourth-order valence-corrected chi connectivity index (χ4v) is 4.38. The number of nitrogens with zero attached hydrogens (tertiary/aromatic N) is 1. The van der Waals surface area contributed by atoms with Gasteiger partial charge in [-0.05, 0) is 59.5 Å². The molecule has 1 N–H and O–H groups in total. The molecule has 29 heavy (non-hydrogen) atoms. The molecule has 1 atom stereocenters. The lowest BCUT2D eigenvalue weighted by Crippen LogP contribution is -2.25. The minimum atomic E-state index is -0.398. The van der Waals surface area contributed by atoms with Crippen molar-refractivity contribution in [3.63, 3.8) is 0 Å². The molecule has 146 valence electrons. The lowest BCUT2D eigenvalue weighted by atomic mass is 9.85. The first-order chi connectivity index (χ1) is 14.0. The predicted octanol–water partition coefficient (Wildman–Crippen LogP) is 6.21. The Balaban J connectivity index is 1.57. The van der Waals surface area contributed by atoms with E-state index in [4.69, 9.17) is 23.2 Å². The Labute approximate surface area is 187 Å². The van der Waals surface area contributed by atoms with Crippen LogP contribution in [0.15, 0.2) is 82.4 Å². The first-order valence-corrected chi connectivity index (χ1v) is 10.6. The summed E-state index contributed by atoms with van der Waals surface area (Å²) in [5.41, 5.74) is 5.31. The van der Waals surface area contributed by atoms with E-state index in [1.54, 1.807) is 6.21 Å². The molecule has 3 aromatic rings. The first-order valence-electron chi connectivity index (χ1n) is 9.09. The molecule has 1 aliphatic rings. The highest BCUT2D eigenvalue weighted by Crippen LogP contribution is 2.59. The first kappa shape index (κ1) is 20.1. The maximum atomic E-state index is 12.9. The third-order valence-corrected chi connectivity index (χ3v) is 6.23. The van der Waals surface area contributed by atoms with Gasteiger partial charge in [0.15, 0.2) is 0 Å². The summed E-state index contributed by atoms with van der Waals surface area (Å²) in [5.74, 6) is -0.328. The molecule has 0 spiro atoms. The normalized spacial score (nSPS) is 17.3. The molecule has 6 heteroatoms. The molecule has 3 nitrogen and oxygen atoms in total. The third-order valence-electron chi connectivity index (χ3n) is 5.23. The molecule has 0 heterocycles. The lowest BCUT2D eigenvalue weighted by molar-refractivity contribution is -0.122. The van der Waals surface area contributed by atoms with Crippen molar-refractivity contribution in [1.82, 2.24) is 5.43 Å². The number of rotatable bonds is 5. The Morgan fingerprint density at radius 3 is 2.14 bits per heavy atom. The summed E-state index contributed by atoms with van der Waals surface area (Å²) in [6.45, 7) is 0. The molecule has 1 amide bonds. The van der Waals surface area contributed by atoms with Crippen LogP contribution >= 0.6 is 39.1 Å². The molecule has 4 rings (SSSR count). The van der Waals surface area contributed by atoms with E-state index in [-0.39, 0.29) is 11.8 Å². The van der Waals surface area contributed by atoms with Gasteiger partial charge in [0.1, 0.15) is 0 Å². The molecule has 0 radical (unpaired) electrons. The van der Waals surface area contributed by atoms with E-state index in [2.05, 4.69) is 26.5 Å². The van der Waals surface area contributed by atoms with E-state index < -0.39 is 5.41 Å². The summed E-state index contributed by atoms with van der Waals surface area (Å²) in [6, 6.07) is 23.0. The van der Waals surface area contributed by atoms with E-state index in [0.717, 1.165) is 21.2 Å². The van der Waals surface area contributed by atoms with Crippen LogP contribution < -0.4 is 5.43 Å². The Bertz CT molecular complexity index is 1020. The van der Waals surface area contributed by atoms with Crippen molar-refractivity contribution in [3.05, 3.63) is 104 Å². The molecule has 1 unspecified atom stereocenters. The standard InChI is InChI=1S/C23H17BrCl2N2O/c24-18-3-1-2-15(12-18)14-27-28-22(29)21-13-23(21,16-4-8-19(25)9-5-16)17-6-10-20(26)11-7-17/h1-12,14,21H,13H2,(H,28,29)/b27-14+. The fraction of sp³-hybridized carbons (Fsp3) is 0.130. The van der Waals surface area contributed by atoms with Crippen LogP contribution in [0.5, 0.6) is 0 Å². The Morgan fingerprint density at radius 2 is 1.59 bits per heavy atom. The van der Waals surface area contributed by atoms with Gasteiger partial charge < -0.3 is 0 Å². The minimum absolute atomic E-state index is 0.110. The molecule has 0 bridgehead atoms. The zero-order valence-electron chi connectivity index (χ0n) is 15.3. The zero-order valence-corrected chi connectivity index (χ0v) is 18.4. The Kier molecular flexibility index (Phi) is 5.77. The minimum Gasteiger partial charge on any atom is -0.273 e. The Morgan fingerprint density at radius 1 is 1.00 bits per heavy atom. The Hall–Kier alpha value is -2.14. The zero-order chi connectivity index (χ0) is 20.4. The molecular weight excluding hydrogens is 471 g/mol. The van der Waals surface area contributed by atoms with Crippen molar-refractivity contribution in [2.45, 2.75) is 11.8 Å². The van der Waals surface area contributed by atoms with Crippen LogP contribution in [0.3, 0.4) is 0 Å². The van der Waals surface area contributed by atoms with Crippen molar-refractivity contribution in [3.8, 4) is 0 Å². The van der Waals surface area contributed by atoms with Gasteiger partial charge in [0.05, 0.1) is 12.1 Å². The van der Waals surface area contributed by atoms with Crippen LogP contribution in [0.2, 0.25) is 10.0 Å². The summed E-state index contributed by atoms with van der Waals surface area (Å²) < 4.78 is 0.958. The highest BCUT2D eigenvalue weighted by Gasteiger charge is 2.60. The van der Waals surface area contributed by atoms with Crippen molar-refractivity contribution in [1.29, 1.82) is 0 Å². The largest absolute Gasteiger partial charge is 0.273 e. The molecule has 1 saturated carbocycles. The molecule has 3 aromatic carbocycles. The van der Waals surface area contributed by atoms with Crippen molar-refractivity contribution < 1.29 is 4.79 Å². The van der Waals surface area contributed by atoms with Crippen LogP contribution in [0.25, 0.3) is 0 Å². The van der Waals surface area contributed by atoms with Crippen LogP contribution in [-0.4, -0.2) is 12.1 Å². The van der Waals surface area contributed by atoms with Crippen LogP contribution in [0.1, 0.15) is 23.1 Å². The fourth-order valence-electron chi connectivity index (χ4n) is 3.71. The second-order valence-electron chi connectivity index (χ2n) is 7.03. The second-order valence-corrected chi connectivity index (χ2v) is 8.82. The van der Waals surface area contributed by atoms with E-state index >= 15 is 0 Å². The summed E-state index contributed by atoms with van der Waals surface area (Å²) in [7, 11) is 0. The molecular formula is C23H17BrCl2N2O. The topological polar surface area (TPSA) is 41.5 Å². The lowest BCUT2D eigenvalue weighted by Gasteiger charge is -2.19. The summed E-state index contributed by atoms with van der Waals surface area (Å²) in [4.78, 5) is 12.9. The number of benzene rings is 3. The van der Waals surface area contributed by atoms with Gasteiger partial charge in [-0.3, -0.25) is 4.79 Å². The SMILES string of the molecule is O=C(N/N=C/c1cccc(Br)c1)C1CC1(c1ccc(Cl)cc1)c1ccc(Cl)cc1. The molecule has 1 aliphatic carbocycles. The highest BCUT2D eigenvalue weighted by atomic mass is 79.9. The number of nitrogens with one attached hydrogen (secondary N) is 1. The van der Waals surface area contributed by atoms with Gasteiger partial charge in [-0.1, -0.05) is 75.5 Å². The number of amides is 1. The van der Waals surface area contributed by atoms with Gasteiger partial charge in [-0.15, -0.1) is 0 Å². The van der Waals surface area contributed by atoms with Crippen LogP contribution in [0.4, 0.5) is 0 Å². The maximum Gasteiger partial charge on any atom is 0.244 e. The number of carbonyl (C=O) groups excluding carboxylic acids is 1. The van der Waals surface area contributed by atoms with E-state index in [1.165, 1.54) is 0 Å². The van der Waals surface area contributed by atoms with E-state index in [1.807, 2.05) is 72.8 Å². The van der Waals surface area contributed by atoms with Crippen LogP contribution in [-0.2, 0) is 10.2 Å². The predicted molar refractivity (Wildman–Crippen MR) is 122 cm³/mol.